The van der Waals surface area contributed by atoms with E-state index in [-0.39, 0.29) is 0 Å². The van der Waals surface area contributed by atoms with Crippen molar-refractivity contribution in [1.29, 1.82) is 0 Å². The molecule has 0 atom stereocenters. The summed E-state index contributed by atoms with van der Waals surface area (Å²) in [6.07, 6.45) is 0. The Morgan fingerprint density at radius 2 is 2.26 bits per heavy atom. The van der Waals surface area contributed by atoms with Crippen molar-refractivity contribution in [3.05, 3.63) is 44.3 Å². The SMILES string of the molecule is Cc1ncsc1CN(C)c1cc(Br)ccc1C(=O)O. The van der Waals surface area contributed by atoms with Crippen molar-refractivity contribution in [2.75, 3.05) is 11.9 Å². The summed E-state index contributed by atoms with van der Waals surface area (Å²) >= 11 is 4.96. The first-order valence-electron chi connectivity index (χ1n) is 5.62. The molecule has 0 radical (unpaired) electrons. The zero-order valence-electron chi connectivity index (χ0n) is 10.6. The summed E-state index contributed by atoms with van der Waals surface area (Å²) in [7, 11) is 1.88. The van der Waals surface area contributed by atoms with Crippen LogP contribution in [0.4, 0.5) is 5.69 Å². The average Bonchev–Trinajstić information content (AvgIpc) is 2.74. The van der Waals surface area contributed by atoms with Gasteiger partial charge in [-0.2, -0.15) is 0 Å². The van der Waals surface area contributed by atoms with Gasteiger partial charge in [-0.05, 0) is 25.1 Å². The summed E-state index contributed by atoms with van der Waals surface area (Å²) in [6.45, 7) is 2.60. The molecule has 1 aromatic carbocycles. The maximum absolute atomic E-state index is 11.3. The third-order valence-electron chi connectivity index (χ3n) is 2.83. The van der Waals surface area contributed by atoms with Crippen molar-refractivity contribution in [3.8, 4) is 0 Å². The number of benzene rings is 1. The van der Waals surface area contributed by atoms with Crippen molar-refractivity contribution in [2.45, 2.75) is 13.5 Å². The van der Waals surface area contributed by atoms with E-state index >= 15 is 0 Å². The number of aromatic nitrogens is 1. The Balaban J connectivity index is 2.32. The number of nitrogens with zero attached hydrogens (tertiary/aromatic N) is 2. The predicted molar refractivity (Wildman–Crippen MR) is 80.1 cm³/mol. The second kappa shape index (κ2) is 5.71. The smallest absolute Gasteiger partial charge is 0.337 e. The lowest BCUT2D eigenvalue weighted by molar-refractivity contribution is 0.0697. The van der Waals surface area contributed by atoms with Crippen molar-refractivity contribution >= 4 is 38.9 Å². The molecule has 1 heterocycles. The minimum Gasteiger partial charge on any atom is -0.478 e. The summed E-state index contributed by atoms with van der Waals surface area (Å²) in [5.74, 6) is -0.921. The fraction of sp³-hybridized carbons (Fsp3) is 0.231. The van der Waals surface area contributed by atoms with E-state index in [1.165, 1.54) is 0 Å². The quantitative estimate of drug-likeness (QED) is 0.924. The van der Waals surface area contributed by atoms with Crippen LogP contribution in [0.2, 0.25) is 0 Å². The Hall–Kier alpha value is -1.40. The third-order valence-corrected chi connectivity index (χ3v) is 4.24. The van der Waals surface area contributed by atoms with Gasteiger partial charge in [-0.25, -0.2) is 9.78 Å². The Labute approximate surface area is 123 Å². The molecule has 0 amide bonds. The Kier molecular flexibility index (Phi) is 4.21. The molecule has 0 aliphatic rings. The number of aromatic carboxylic acids is 1. The van der Waals surface area contributed by atoms with Crippen molar-refractivity contribution in [1.82, 2.24) is 4.98 Å². The number of thiazole rings is 1. The Morgan fingerprint density at radius 1 is 1.53 bits per heavy atom. The van der Waals surface area contributed by atoms with E-state index in [1.807, 2.05) is 24.9 Å². The van der Waals surface area contributed by atoms with Crippen LogP contribution >= 0.6 is 27.3 Å². The van der Waals surface area contributed by atoms with E-state index in [4.69, 9.17) is 0 Å². The topological polar surface area (TPSA) is 53.4 Å². The molecule has 0 saturated carbocycles. The van der Waals surface area contributed by atoms with Crippen LogP contribution in [0.1, 0.15) is 20.9 Å². The van der Waals surface area contributed by atoms with E-state index in [2.05, 4.69) is 20.9 Å². The first-order valence-corrected chi connectivity index (χ1v) is 7.29. The number of aryl methyl sites for hydroxylation is 1. The first kappa shape index (κ1) is 14.0. The molecular formula is C13H13BrN2O2S. The maximum atomic E-state index is 11.3. The summed E-state index contributed by atoms with van der Waals surface area (Å²) < 4.78 is 0.861. The van der Waals surface area contributed by atoms with Crippen molar-refractivity contribution in [3.63, 3.8) is 0 Å². The van der Waals surface area contributed by atoms with Gasteiger partial charge in [-0.1, -0.05) is 15.9 Å². The van der Waals surface area contributed by atoms with Crippen LogP contribution in [0.3, 0.4) is 0 Å². The minimum absolute atomic E-state index is 0.299. The highest BCUT2D eigenvalue weighted by atomic mass is 79.9. The van der Waals surface area contributed by atoms with Crippen LogP contribution in [0.15, 0.2) is 28.2 Å². The summed E-state index contributed by atoms with van der Waals surface area (Å²) in [4.78, 5) is 18.5. The van der Waals surface area contributed by atoms with Gasteiger partial charge in [0.1, 0.15) is 0 Å². The van der Waals surface area contributed by atoms with Gasteiger partial charge in [-0.15, -0.1) is 11.3 Å². The summed E-state index contributed by atoms with van der Waals surface area (Å²) in [5.41, 5.74) is 3.78. The Bertz CT molecular complexity index is 612. The standard InChI is InChI=1S/C13H13BrN2O2S/c1-8-12(19-7-15-8)6-16(2)11-5-9(14)3-4-10(11)13(17)18/h3-5,7H,6H2,1-2H3,(H,17,18). The molecule has 0 fully saturated rings. The highest BCUT2D eigenvalue weighted by Gasteiger charge is 2.15. The molecule has 0 saturated heterocycles. The molecule has 19 heavy (non-hydrogen) atoms. The van der Waals surface area contributed by atoms with Crippen molar-refractivity contribution < 1.29 is 9.90 Å². The van der Waals surface area contributed by atoms with Crippen LogP contribution in [-0.2, 0) is 6.54 Å². The molecule has 1 aromatic heterocycles. The molecule has 0 bridgehead atoms. The lowest BCUT2D eigenvalue weighted by atomic mass is 10.1. The fourth-order valence-electron chi connectivity index (χ4n) is 1.78. The lowest BCUT2D eigenvalue weighted by Gasteiger charge is -2.21. The van der Waals surface area contributed by atoms with Gasteiger partial charge in [0.2, 0.25) is 0 Å². The van der Waals surface area contributed by atoms with Crippen LogP contribution in [0, 0.1) is 6.92 Å². The number of carboxylic acid groups (broad SMARTS) is 1. The lowest BCUT2D eigenvalue weighted by Crippen LogP contribution is -2.19. The van der Waals surface area contributed by atoms with Gasteiger partial charge in [0, 0.05) is 16.4 Å². The molecule has 0 aliphatic carbocycles. The monoisotopic (exact) mass is 340 g/mol. The second-order valence-corrected chi connectivity index (χ2v) is 6.04. The predicted octanol–water partition coefficient (Wildman–Crippen LogP) is 3.55. The van der Waals surface area contributed by atoms with Crippen molar-refractivity contribution in [2.24, 2.45) is 0 Å². The van der Waals surface area contributed by atoms with E-state index in [9.17, 15) is 9.90 Å². The van der Waals surface area contributed by atoms with Gasteiger partial charge in [0.25, 0.3) is 0 Å². The van der Waals surface area contributed by atoms with Crippen LogP contribution < -0.4 is 4.90 Å². The number of anilines is 1. The maximum Gasteiger partial charge on any atom is 0.337 e. The molecule has 6 heteroatoms. The van der Waals surface area contributed by atoms with Gasteiger partial charge >= 0.3 is 5.97 Å². The molecule has 2 rings (SSSR count). The number of hydrogen-bond donors (Lipinski definition) is 1. The van der Waals surface area contributed by atoms with E-state index in [1.54, 1.807) is 29.0 Å². The third kappa shape index (κ3) is 3.13. The highest BCUT2D eigenvalue weighted by Crippen LogP contribution is 2.27. The van der Waals surface area contributed by atoms with Gasteiger partial charge in [-0.3, -0.25) is 0 Å². The molecule has 0 spiro atoms. The van der Waals surface area contributed by atoms with E-state index < -0.39 is 5.97 Å². The van der Waals surface area contributed by atoms with Crippen LogP contribution in [-0.4, -0.2) is 23.1 Å². The number of carboxylic acids is 1. The molecule has 0 aliphatic heterocycles. The molecule has 0 unspecified atom stereocenters. The van der Waals surface area contributed by atoms with Crippen LogP contribution in [0.25, 0.3) is 0 Å². The molecule has 1 N–H and O–H groups in total. The largest absolute Gasteiger partial charge is 0.478 e. The average molecular weight is 341 g/mol. The van der Waals surface area contributed by atoms with Gasteiger partial charge in [0.05, 0.1) is 29.0 Å². The summed E-state index contributed by atoms with van der Waals surface area (Å²) in [5, 5.41) is 9.23. The van der Waals surface area contributed by atoms with Gasteiger partial charge < -0.3 is 10.0 Å². The second-order valence-electron chi connectivity index (χ2n) is 4.18. The minimum atomic E-state index is -0.921. The first-order chi connectivity index (χ1) is 8.99. The number of halogens is 1. The Morgan fingerprint density at radius 3 is 2.84 bits per heavy atom. The fourth-order valence-corrected chi connectivity index (χ4v) is 2.96. The number of carbonyl (C=O) groups is 1. The zero-order valence-corrected chi connectivity index (χ0v) is 13.0. The van der Waals surface area contributed by atoms with Crippen LogP contribution in [0.5, 0.6) is 0 Å². The number of rotatable bonds is 4. The van der Waals surface area contributed by atoms with Gasteiger partial charge in [0.15, 0.2) is 0 Å². The normalized spacial score (nSPS) is 10.5. The zero-order chi connectivity index (χ0) is 14.0. The highest BCUT2D eigenvalue weighted by molar-refractivity contribution is 9.10. The number of hydrogen-bond acceptors (Lipinski definition) is 4. The molecule has 100 valence electrons. The molecule has 2 aromatic rings. The van der Waals surface area contributed by atoms with E-state index in [0.717, 1.165) is 15.0 Å². The molecule has 4 nitrogen and oxygen atoms in total. The molecular weight excluding hydrogens is 328 g/mol. The summed E-state index contributed by atoms with van der Waals surface area (Å²) in [6, 6.07) is 5.16. The van der Waals surface area contributed by atoms with E-state index in [0.29, 0.717) is 17.8 Å².